The highest BCUT2D eigenvalue weighted by Gasteiger charge is 2.38. The number of carboxylic acid groups (broad SMARTS) is 1. The van der Waals surface area contributed by atoms with Crippen LogP contribution in [0.15, 0.2) is 36.4 Å². The van der Waals surface area contributed by atoms with Crippen LogP contribution in [0.3, 0.4) is 0 Å². The molecule has 1 atom stereocenters. The highest BCUT2D eigenvalue weighted by atomic mass is 32.2. The highest BCUT2D eigenvalue weighted by molar-refractivity contribution is 7.89. The predicted molar refractivity (Wildman–Crippen MR) is 124 cm³/mol. The van der Waals surface area contributed by atoms with Gasteiger partial charge in [-0.3, -0.25) is 0 Å². The van der Waals surface area contributed by atoms with E-state index < -0.39 is 51.0 Å². The van der Waals surface area contributed by atoms with E-state index in [4.69, 9.17) is 9.84 Å². The summed E-state index contributed by atoms with van der Waals surface area (Å²) < 4.78 is 87.1. The largest absolute Gasteiger partial charge is 0.465 e. The van der Waals surface area contributed by atoms with Crippen molar-refractivity contribution in [3.63, 3.8) is 0 Å². The lowest BCUT2D eigenvalue weighted by Crippen LogP contribution is -2.44. The van der Waals surface area contributed by atoms with Crippen LogP contribution in [-0.2, 0) is 27.5 Å². The van der Waals surface area contributed by atoms with Crippen LogP contribution in [0.4, 0.5) is 22.4 Å². The van der Waals surface area contributed by atoms with Crippen molar-refractivity contribution in [2.24, 2.45) is 0 Å². The number of hydrogen-bond acceptors (Lipinski definition) is 4. The van der Waals surface area contributed by atoms with E-state index in [0.717, 1.165) is 33.1 Å². The van der Waals surface area contributed by atoms with E-state index in [-0.39, 0.29) is 25.3 Å². The number of benzene rings is 2. The molecular formula is C24H28F4N2O5S. The molecule has 0 bridgehead atoms. The molecule has 3 rings (SSSR count). The van der Waals surface area contributed by atoms with Gasteiger partial charge in [0.1, 0.15) is 5.82 Å². The third kappa shape index (κ3) is 7.17. The number of nitrogens with zero attached hydrogens (tertiary/aromatic N) is 1. The molecule has 0 radical (unpaired) electrons. The maximum Gasteiger partial charge on any atom is 0.416 e. The van der Waals surface area contributed by atoms with Gasteiger partial charge in [0.25, 0.3) is 0 Å². The van der Waals surface area contributed by atoms with E-state index in [1.165, 1.54) is 0 Å². The van der Waals surface area contributed by atoms with E-state index >= 15 is 0 Å². The first-order chi connectivity index (χ1) is 16.8. The number of rotatable bonds is 8. The molecule has 12 heteroatoms. The number of sulfonamides is 1. The fraction of sp³-hybridized carbons (Fsp3) is 0.458. The maximum atomic E-state index is 13.5. The van der Waals surface area contributed by atoms with Gasteiger partial charge in [-0.1, -0.05) is 29.8 Å². The minimum atomic E-state index is -5.01. The topological polar surface area (TPSA) is 95.9 Å². The second kappa shape index (κ2) is 11.1. The van der Waals surface area contributed by atoms with Gasteiger partial charge in [0.05, 0.1) is 30.1 Å². The highest BCUT2D eigenvalue weighted by Crippen LogP contribution is 2.36. The van der Waals surface area contributed by atoms with Crippen LogP contribution < -0.4 is 5.32 Å². The number of amides is 1. The molecule has 198 valence electrons. The average molecular weight is 533 g/mol. The van der Waals surface area contributed by atoms with Crippen LogP contribution in [0.25, 0.3) is 0 Å². The Morgan fingerprint density at radius 2 is 1.83 bits per heavy atom. The van der Waals surface area contributed by atoms with E-state index in [2.05, 4.69) is 0 Å². The third-order valence-electron chi connectivity index (χ3n) is 6.14. The molecule has 0 unspecified atom stereocenters. The van der Waals surface area contributed by atoms with Crippen molar-refractivity contribution in [2.45, 2.75) is 51.6 Å². The van der Waals surface area contributed by atoms with E-state index in [9.17, 15) is 30.8 Å². The molecule has 1 saturated heterocycles. The van der Waals surface area contributed by atoms with Crippen molar-refractivity contribution >= 4 is 16.1 Å². The van der Waals surface area contributed by atoms with Crippen molar-refractivity contribution in [1.82, 2.24) is 9.62 Å². The molecule has 0 aromatic heterocycles. The summed E-state index contributed by atoms with van der Waals surface area (Å²) in [5, 5.41) is 11.0. The average Bonchev–Trinajstić information content (AvgIpc) is 2.78. The Balaban J connectivity index is 1.69. The predicted octanol–water partition coefficient (Wildman–Crippen LogP) is 4.78. The lowest BCUT2D eigenvalue weighted by atomic mass is 10.0. The number of ether oxygens (including phenoxy) is 1. The Bertz CT molecular complexity index is 1200. The minimum Gasteiger partial charge on any atom is -0.465 e. The fourth-order valence-corrected chi connectivity index (χ4v) is 5.85. The second-order valence-electron chi connectivity index (χ2n) is 8.85. The number of nitrogens with one attached hydrogen (secondary N) is 1. The Kier molecular flexibility index (Phi) is 8.63. The number of carbonyl (C=O) groups is 1. The van der Waals surface area contributed by atoms with Crippen LogP contribution in [0.1, 0.15) is 46.7 Å². The first-order valence-electron chi connectivity index (χ1n) is 11.3. The third-order valence-corrected chi connectivity index (χ3v) is 8.05. The van der Waals surface area contributed by atoms with Gasteiger partial charge in [-0.25, -0.2) is 21.9 Å². The maximum absolute atomic E-state index is 13.5. The SMILES string of the molecule is Cc1ccc(C)c(COC2CCN(S(=O)(=O)C[C@H](NC(=O)O)c3ccc(F)cc3C(F)(F)F)CC2)c1. The zero-order chi connectivity index (χ0) is 26.7. The van der Waals surface area contributed by atoms with Crippen LogP contribution >= 0.6 is 0 Å². The van der Waals surface area contributed by atoms with Crippen LogP contribution in [-0.4, -0.2) is 48.9 Å². The summed E-state index contributed by atoms with van der Waals surface area (Å²) in [7, 11) is -4.16. The normalized spacial score (nSPS) is 16.6. The first kappa shape index (κ1) is 27.9. The lowest BCUT2D eigenvalue weighted by molar-refractivity contribution is -0.138. The zero-order valence-corrected chi connectivity index (χ0v) is 20.6. The van der Waals surface area contributed by atoms with Gasteiger partial charge in [0.15, 0.2) is 0 Å². The number of hydrogen-bond donors (Lipinski definition) is 2. The van der Waals surface area contributed by atoms with Crippen molar-refractivity contribution in [3.8, 4) is 0 Å². The van der Waals surface area contributed by atoms with Gasteiger partial charge in [-0.2, -0.15) is 13.2 Å². The van der Waals surface area contributed by atoms with Crippen molar-refractivity contribution in [3.05, 3.63) is 70.0 Å². The van der Waals surface area contributed by atoms with Gasteiger partial charge in [0.2, 0.25) is 10.0 Å². The summed E-state index contributed by atoms with van der Waals surface area (Å²) in [6.45, 7) is 4.48. The Hall–Kier alpha value is -2.70. The summed E-state index contributed by atoms with van der Waals surface area (Å²) in [6, 6.07) is 5.97. The number of piperidine rings is 1. The molecule has 2 N–H and O–H groups in total. The van der Waals surface area contributed by atoms with Crippen LogP contribution in [0.2, 0.25) is 0 Å². The fourth-order valence-electron chi connectivity index (χ4n) is 4.19. The summed E-state index contributed by atoms with van der Waals surface area (Å²) in [5.74, 6) is -2.12. The quantitative estimate of drug-likeness (QED) is 0.477. The Labute approximate surface area is 207 Å². The standard InChI is InChI=1S/C24H28F4N2O5S/c1-15-3-4-16(2)17(11-15)13-35-19-7-9-30(10-8-19)36(33,34)14-22(29-23(31)32)20-6-5-18(25)12-21(20)24(26,27)28/h3-6,11-12,19,22,29H,7-10,13-14H2,1-2H3,(H,31,32)/t22-/m0/s1. The molecule has 0 aliphatic carbocycles. The lowest BCUT2D eigenvalue weighted by Gasteiger charge is -2.32. The van der Waals surface area contributed by atoms with Crippen molar-refractivity contribution in [1.29, 1.82) is 0 Å². The second-order valence-corrected chi connectivity index (χ2v) is 10.9. The molecular weight excluding hydrogens is 504 g/mol. The van der Waals surface area contributed by atoms with Crippen molar-refractivity contribution < 1.29 is 40.6 Å². The summed E-state index contributed by atoms with van der Waals surface area (Å²) in [4.78, 5) is 11.3. The number of aryl methyl sites for hydroxylation is 2. The van der Waals surface area contributed by atoms with Gasteiger partial charge in [0, 0.05) is 13.1 Å². The molecule has 1 aliphatic rings. The molecule has 36 heavy (non-hydrogen) atoms. The molecule has 1 fully saturated rings. The van der Waals surface area contributed by atoms with E-state index in [1.54, 1.807) is 0 Å². The molecule has 7 nitrogen and oxygen atoms in total. The summed E-state index contributed by atoms with van der Waals surface area (Å²) in [6.07, 6.45) is -6.15. The molecule has 2 aromatic rings. The molecule has 0 saturated carbocycles. The molecule has 0 spiro atoms. The molecule has 1 amide bonds. The van der Waals surface area contributed by atoms with Gasteiger partial charge in [-0.15, -0.1) is 0 Å². The summed E-state index contributed by atoms with van der Waals surface area (Å²) in [5.41, 5.74) is 1.11. The monoisotopic (exact) mass is 532 g/mol. The smallest absolute Gasteiger partial charge is 0.416 e. The molecule has 1 aliphatic heterocycles. The van der Waals surface area contributed by atoms with E-state index in [0.29, 0.717) is 19.4 Å². The van der Waals surface area contributed by atoms with E-state index in [1.807, 2.05) is 37.4 Å². The van der Waals surface area contributed by atoms with Crippen molar-refractivity contribution in [2.75, 3.05) is 18.8 Å². The Morgan fingerprint density at radius 3 is 2.44 bits per heavy atom. The first-order valence-corrected chi connectivity index (χ1v) is 12.9. The summed E-state index contributed by atoms with van der Waals surface area (Å²) >= 11 is 0. The van der Waals surface area contributed by atoms with Gasteiger partial charge < -0.3 is 15.2 Å². The zero-order valence-electron chi connectivity index (χ0n) is 19.8. The Morgan fingerprint density at radius 1 is 1.17 bits per heavy atom. The molecule has 2 aromatic carbocycles. The van der Waals surface area contributed by atoms with Crippen LogP contribution in [0.5, 0.6) is 0 Å². The number of halogens is 4. The van der Waals surface area contributed by atoms with Gasteiger partial charge in [-0.05, 0) is 55.5 Å². The minimum absolute atomic E-state index is 0.0785. The van der Waals surface area contributed by atoms with Crippen LogP contribution in [0, 0.1) is 19.7 Å². The molecule has 1 heterocycles. The van der Waals surface area contributed by atoms with Gasteiger partial charge >= 0.3 is 12.3 Å². The number of alkyl halides is 3.